The number of carboxylic acids is 1. The second-order valence-corrected chi connectivity index (χ2v) is 6.34. The van der Waals surface area contributed by atoms with Crippen molar-refractivity contribution in [3.8, 4) is 0 Å². The highest BCUT2D eigenvalue weighted by atomic mass is 35.5. The molecule has 156 valence electrons. The van der Waals surface area contributed by atoms with Crippen LogP contribution in [-0.4, -0.2) is 53.5 Å². The van der Waals surface area contributed by atoms with Gasteiger partial charge < -0.3 is 15.7 Å². The summed E-state index contributed by atoms with van der Waals surface area (Å²) in [6.07, 6.45) is 1.19. The fraction of sp³-hybridized carbons (Fsp3) is 0.471. The topological polar surface area (TPSA) is 98.7 Å². The summed E-state index contributed by atoms with van der Waals surface area (Å²) in [6, 6.07) is 0.889. The summed E-state index contributed by atoms with van der Waals surface area (Å²) in [4.78, 5) is 36.8. The maximum atomic E-state index is 13.5. The molecule has 0 saturated carbocycles. The predicted molar refractivity (Wildman–Crippen MR) is 96.6 cm³/mol. The van der Waals surface area contributed by atoms with Crippen LogP contribution in [0.1, 0.15) is 19.8 Å². The van der Waals surface area contributed by atoms with E-state index in [0.717, 1.165) is 6.07 Å². The van der Waals surface area contributed by atoms with E-state index < -0.39 is 59.4 Å². The summed E-state index contributed by atoms with van der Waals surface area (Å²) < 4.78 is 39.5. The highest BCUT2D eigenvalue weighted by Gasteiger charge is 2.30. The highest BCUT2D eigenvalue weighted by Crippen LogP contribution is 2.20. The largest absolute Gasteiger partial charge is 0.481 e. The molecule has 7 nitrogen and oxygen atoms in total. The van der Waals surface area contributed by atoms with Crippen molar-refractivity contribution < 1.29 is 32.7 Å². The van der Waals surface area contributed by atoms with Gasteiger partial charge in [0.2, 0.25) is 11.8 Å². The molecule has 0 radical (unpaired) electrons. The van der Waals surface area contributed by atoms with E-state index in [1.54, 1.807) is 11.8 Å². The quantitative estimate of drug-likeness (QED) is 0.606. The number of benzene rings is 1. The van der Waals surface area contributed by atoms with Gasteiger partial charge in [-0.2, -0.15) is 0 Å². The van der Waals surface area contributed by atoms with E-state index >= 15 is 0 Å². The standard InChI is InChI=1S/C17H20F3N3O4.ClH/c1-9(23-6-2-3-10(8-23)17(26)27)16(25)21-7-13(24)22-12-5-4-11(18)14(19)15(12)20;/h4-5,9-10H,2-3,6-8H2,1H3,(H,21,25)(H,22,24)(H,26,27);1H. The Bertz CT molecular complexity index is 751. The molecule has 1 aromatic rings. The van der Waals surface area contributed by atoms with Crippen molar-refractivity contribution >= 4 is 35.9 Å². The Balaban J connectivity index is 0.00000392. The molecular weight excluding hydrogens is 403 g/mol. The third-order valence-electron chi connectivity index (χ3n) is 4.46. The minimum atomic E-state index is -1.71. The van der Waals surface area contributed by atoms with Gasteiger partial charge in [-0.05, 0) is 38.4 Å². The van der Waals surface area contributed by atoms with Crippen LogP contribution in [0.15, 0.2) is 12.1 Å². The Labute approximate surface area is 165 Å². The fourth-order valence-corrected chi connectivity index (χ4v) is 2.86. The first-order chi connectivity index (χ1) is 12.7. The lowest BCUT2D eigenvalue weighted by molar-refractivity contribution is -0.145. The van der Waals surface area contributed by atoms with Crippen LogP contribution in [0.2, 0.25) is 0 Å². The molecule has 1 aromatic carbocycles. The number of rotatable bonds is 6. The van der Waals surface area contributed by atoms with E-state index in [0.29, 0.717) is 25.5 Å². The second-order valence-electron chi connectivity index (χ2n) is 6.34. The van der Waals surface area contributed by atoms with E-state index in [4.69, 9.17) is 5.11 Å². The normalized spacial score (nSPS) is 17.9. The lowest BCUT2D eigenvalue weighted by atomic mass is 9.97. The number of nitrogens with zero attached hydrogens (tertiary/aromatic N) is 1. The van der Waals surface area contributed by atoms with E-state index in [-0.39, 0.29) is 19.0 Å². The van der Waals surface area contributed by atoms with Crippen LogP contribution >= 0.6 is 12.4 Å². The summed E-state index contributed by atoms with van der Waals surface area (Å²) in [5.74, 6) is -7.40. The highest BCUT2D eigenvalue weighted by molar-refractivity contribution is 5.95. The van der Waals surface area contributed by atoms with Gasteiger partial charge in [-0.25, -0.2) is 13.2 Å². The molecule has 2 unspecified atom stereocenters. The van der Waals surface area contributed by atoms with Crippen molar-refractivity contribution in [1.29, 1.82) is 0 Å². The van der Waals surface area contributed by atoms with E-state index in [1.165, 1.54) is 0 Å². The summed E-state index contributed by atoms with van der Waals surface area (Å²) in [5, 5.41) is 13.5. The Morgan fingerprint density at radius 3 is 2.57 bits per heavy atom. The Hall–Kier alpha value is -2.33. The van der Waals surface area contributed by atoms with Crippen LogP contribution in [0.4, 0.5) is 18.9 Å². The summed E-state index contributed by atoms with van der Waals surface area (Å²) >= 11 is 0. The van der Waals surface area contributed by atoms with Crippen LogP contribution in [0.5, 0.6) is 0 Å². The molecule has 1 saturated heterocycles. The number of hydrogen-bond donors (Lipinski definition) is 3. The average Bonchev–Trinajstić information content (AvgIpc) is 2.66. The smallest absolute Gasteiger partial charge is 0.307 e. The Morgan fingerprint density at radius 1 is 1.25 bits per heavy atom. The lowest BCUT2D eigenvalue weighted by Gasteiger charge is -2.34. The number of halogens is 4. The molecule has 3 N–H and O–H groups in total. The minimum absolute atomic E-state index is 0. The predicted octanol–water partition coefficient (Wildman–Crippen LogP) is 1.77. The van der Waals surface area contributed by atoms with Gasteiger partial charge in [0.25, 0.3) is 0 Å². The number of amides is 2. The summed E-state index contributed by atoms with van der Waals surface area (Å²) in [7, 11) is 0. The molecule has 1 aliphatic heterocycles. The number of hydrogen-bond acceptors (Lipinski definition) is 4. The zero-order valence-electron chi connectivity index (χ0n) is 15.0. The number of carbonyl (C=O) groups excluding carboxylic acids is 2. The van der Waals surface area contributed by atoms with Gasteiger partial charge >= 0.3 is 5.97 Å². The molecule has 1 fully saturated rings. The molecule has 0 spiro atoms. The average molecular weight is 424 g/mol. The lowest BCUT2D eigenvalue weighted by Crippen LogP contribution is -2.51. The first-order valence-corrected chi connectivity index (χ1v) is 8.38. The molecule has 1 heterocycles. The SMILES string of the molecule is CC(C(=O)NCC(=O)Nc1ccc(F)c(F)c1F)N1CCCC(C(=O)O)C1.Cl. The number of carbonyl (C=O) groups is 3. The van der Waals surface area contributed by atoms with Crippen molar-refractivity contribution in [2.24, 2.45) is 5.92 Å². The Kier molecular flexibility index (Phi) is 8.70. The molecule has 0 bridgehead atoms. The van der Waals surface area contributed by atoms with Crippen LogP contribution in [0.25, 0.3) is 0 Å². The molecule has 1 aliphatic rings. The molecule has 2 amide bonds. The van der Waals surface area contributed by atoms with Gasteiger partial charge in [-0.15, -0.1) is 12.4 Å². The van der Waals surface area contributed by atoms with Crippen LogP contribution in [0.3, 0.4) is 0 Å². The van der Waals surface area contributed by atoms with Crippen molar-refractivity contribution in [2.45, 2.75) is 25.8 Å². The van der Waals surface area contributed by atoms with Gasteiger partial charge in [0, 0.05) is 6.54 Å². The number of piperidine rings is 1. The van der Waals surface area contributed by atoms with Gasteiger partial charge in [0.05, 0.1) is 24.2 Å². The van der Waals surface area contributed by atoms with Gasteiger partial charge in [-0.3, -0.25) is 19.3 Å². The van der Waals surface area contributed by atoms with Crippen molar-refractivity contribution in [2.75, 3.05) is 25.0 Å². The van der Waals surface area contributed by atoms with Crippen molar-refractivity contribution in [3.05, 3.63) is 29.6 Å². The maximum Gasteiger partial charge on any atom is 0.307 e. The van der Waals surface area contributed by atoms with E-state index in [1.807, 2.05) is 5.32 Å². The van der Waals surface area contributed by atoms with E-state index in [2.05, 4.69) is 5.32 Å². The van der Waals surface area contributed by atoms with Crippen LogP contribution in [-0.2, 0) is 14.4 Å². The first-order valence-electron chi connectivity index (χ1n) is 8.38. The second kappa shape index (κ2) is 10.3. The third-order valence-corrected chi connectivity index (χ3v) is 4.46. The molecule has 2 rings (SSSR count). The van der Waals surface area contributed by atoms with Gasteiger partial charge in [0.1, 0.15) is 0 Å². The fourth-order valence-electron chi connectivity index (χ4n) is 2.86. The number of likely N-dealkylation sites (tertiary alicyclic amines) is 1. The molecule has 11 heteroatoms. The van der Waals surface area contributed by atoms with Crippen LogP contribution in [0, 0.1) is 23.4 Å². The molecule has 2 atom stereocenters. The van der Waals surface area contributed by atoms with E-state index in [9.17, 15) is 27.6 Å². The number of anilines is 1. The third kappa shape index (κ3) is 5.83. The summed E-state index contributed by atoms with van der Waals surface area (Å²) in [6.45, 7) is 1.88. The molecule has 0 aromatic heterocycles. The summed E-state index contributed by atoms with van der Waals surface area (Å²) in [5.41, 5.74) is -0.540. The number of nitrogens with one attached hydrogen (secondary N) is 2. The first kappa shape index (κ1) is 23.7. The van der Waals surface area contributed by atoms with Crippen molar-refractivity contribution in [1.82, 2.24) is 10.2 Å². The molecule has 0 aliphatic carbocycles. The minimum Gasteiger partial charge on any atom is -0.481 e. The molecule has 28 heavy (non-hydrogen) atoms. The Morgan fingerprint density at radius 2 is 1.93 bits per heavy atom. The molecular formula is C17H21ClF3N3O4. The zero-order valence-corrected chi connectivity index (χ0v) is 15.8. The maximum absolute atomic E-state index is 13.5. The van der Waals surface area contributed by atoms with Crippen molar-refractivity contribution in [3.63, 3.8) is 0 Å². The zero-order chi connectivity index (χ0) is 20.1. The number of aliphatic carboxylic acids is 1. The van der Waals surface area contributed by atoms with Gasteiger partial charge in [0.15, 0.2) is 17.5 Å². The monoisotopic (exact) mass is 423 g/mol. The number of carboxylic acid groups (broad SMARTS) is 1. The van der Waals surface area contributed by atoms with Crippen LogP contribution < -0.4 is 10.6 Å². The van der Waals surface area contributed by atoms with Gasteiger partial charge in [-0.1, -0.05) is 0 Å².